The Balaban J connectivity index is 1.75. The van der Waals surface area contributed by atoms with Crippen LogP contribution in [0.1, 0.15) is 38.3 Å². The van der Waals surface area contributed by atoms with E-state index in [1.807, 2.05) is 13.1 Å². The van der Waals surface area contributed by atoms with Crippen LogP contribution in [0.15, 0.2) is 6.20 Å². The average Bonchev–Trinajstić information content (AvgIpc) is 3.36. The first kappa shape index (κ1) is 37.4. The summed E-state index contributed by atoms with van der Waals surface area (Å²) >= 11 is 0. The molecule has 0 unspecified atom stereocenters. The molecule has 0 radical (unpaired) electrons. The summed E-state index contributed by atoms with van der Waals surface area (Å²) < 4.78 is 29.0. The highest BCUT2D eigenvalue weighted by atomic mass is 33.1. The van der Waals surface area contributed by atoms with Gasteiger partial charge in [-0.15, -0.1) is 5.10 Å². The van der Waals surface area contributed by atoms with E-state index in [-0.39, 0.29) is 23.9 Å². The topological polar surface area (TPSA) is 166 Å². The second-order valence-corrected chi connectivity index (χ2v) is 11.6. The number of aromatic nitrogens is 3. The zero-order valence-electron chi connectivity index (χ0n) is 24.4. The summed E-state index contributed by atoms with van der Waals surface area (Å²) in [5, 5.41) is 10.6. The molecule has 1 aromatic rings. The van der Waals surface area contributed by atoms with E-state index in [9.17, 15) is 14.4 Å². The molecule has 41 heavy (non-hydrogen) atoms. The van der Waals surface area contributed by atoms with Gasteiger partial charge in [-0.3, -0.25) is 14.4 Å². The van der Waals surface area contributed by atoms with Crippen molar-refractivity contribution in [1.82, 2.24) is 20.3 Å². The first-order valence-corrected chi connectivity index (χ1v) is 16.4. The van der Waals surface area contributed by atoms with Crippen molar-refractivity contribution in [2.45, 2.75) is 52.1 Å². The molecule has 3 N–H and O–H groups in total. The number of carbonyl (C=O) groups is 3. The Morgan fingerprint density at radius 1 is 0.878 bits per heavy atom. The number of rotatable bonds is 29. The van der Waals surface area contributed by atoms with Crippen LogP contribution in [0.5, 0.6) is 0 Å². The zero-order chi connectivity index (χ0) is 30.0. The van der Waals surface area contributed by atoms with E-state index in [1.165, 1.54) is 17.7 Å². The van der Waals surface area contributed by atoms with Gasteiger partial charge in [0.2, 0.25) is 5.91 Å². The summed E-state index contributed by atoms with van der Waals surface area (Å²) in [5.41, 5.74) is 6.54. The summed E-state index contributed by atoms with van der Waals surface area (Å²) in [4.78, 5) is 34.8. The van der Waals surface area contributed by atoms with E-state index in [0.29, 0.717) is 110 Å². The van der Waals surface area contributed by atoms with Crippen molar-refractivity contribution in [3.8, 4) is 0 Å². The normalized spacial score (nSPS) is 12.0. The minimum Gasteiger partial charge on any atom is -0.379 e. The van der Waals surface area contributed by atoms with Gasteiger partial charge in [-0.1, -0.05) is 26.8 Å². The third-order valence-corrected chi connectivity index (χ3v) is 7.78. The number of carbonyl (C=O) groups excluding carboxylic acids is 3. The third kappa shape index (κ3) is 23.6. The van der Waals surface area contributed by atoms with E-state index in [4.69, 9.17) is 29.4 Å². The molecule has 0 saturated heterocycles. The molecule has 0 spiro atoms. The number of Topliss-reactive ketones (excluding diaryl/α,β-unsaturated/α-hetero) is 2. The van der Waals surface area contributed by atoms with Crippen LogP contribution in [-0.2, 0) is 44.6 Å². The maximum Gasteiger partial charge on any atom is 0.222 e. The smallest absolute Gasteiger partial charge is 0.222 e. The molecule has 1 amide bonds. The van der Waals surface area contributed by atoms with Gasteiger partial charge in [-0.2, -0.15) is 0 Å². The van der Waals surface area contributed by atoms with Crippen molar-refractivity contribution in [3.63, 3.8) is 0 Å². The Bertz CT molecular complexity index is 834. The number of hydrogen-bond acceptors (Lipinski definition) is 13. The van der Waals surface area contributed by atoms with Gasteiger partial charge in [-0.25, -0.2) is 4.68 Å². The largest absolute Gasteiger partial charge is 0.379 e. The summed E-state index contributed by atoms with van der Waals surface area (Å²) in [7, 11) is 3.09. The molecule has 0 aliphatic carbocycles. The number of nitrogens with zero attached hydrogens (tertiary/aromatic N) is 3. The van der Waals surface area contributed by atoms with Gasteiger partial charge in [0.15, 0.2) is 0 Å². The van der Waals surface area contributed by atoms with Gasteiger partial charge < -0.3 is 34.7 Å². The van der Waals surface area contributed by atoms with E-state index < -0.39 is 6.04 Å². The quantitative estimate of drug-likeness (QED) is 0.0969. The van der Waals surface area contributed by atoms with Crippen LogP contribution in [0, 0.1) is 6.92 Å². The fourth-order valence-corrected chi connectivity index (χ4v) is 5.23. The van der Waals surface area contributed by atoms with Gasteiger partial charge in [-0.05, 0) is 20.3 Å². The van der Waals surface area contributed by atoms with Crippen molar-refractivity contribution in [2.24, 2.45) is 5.73 Å². The molecular weight excluding hydrogens is 574 g/mol. The van der Waals surface area contributed by atoms with Gasteiger partial charge in [0.05, 0.1) is 77.7 Å². The SMILES string of the molecule is CC(=O)[C@@H](N)CSSCCC(=O)CCCOCCOCCC(=O)NCCOCCOCCOCCn1cc(C)nn1. The number of nitrogens with two attached hydrogens (primary N) is 1. The van der Waals surface area contributed by atoms with Crippen LogP contribution in [0.2, 0.25) is 0 Å². The lowest BCUT2D eigenvalue weighted by atomic mass is 10.2. The van der Waals surface area contributed by atoms with Crippen molar-refractivity contribution in [2.75, 3.05) is 84.1 Å². The van der Waals surface area contributed by atoms with Crippen LogP contribution in [0.25, 0.3) is 0 Å². The lowest BCUT2D eigenvalue weighted by Crippen LogP contribution is -2.30. The Hall–Kier alpha value is -1.59. The first-order chi connectivity index (χ1) is 19.9. The summed E-state index contributed by atoms with van der Waals surface area (Å²) in [6.07, 6.45) is 3.79. The van der Waals surface area contributed by atoms with E-state index >= 15 is 0 Å². The summed E-state index contributed by atoms with van der Waals surface area (Å²) in [6.45, 7) is 8.94. The fourth-order valence-electron chi connectivity index (χ4n) is 2.99. The molecule has 0 bridgehead atoms. The zero-order valence-corrected chi connectivity index (χ0v) is 26.0. The van der Waals surface area contributed by atoms with Crippen LogP contribution < -0.4 is 11.1 Å². The van der Waals surface area contributed by atoms with E-state index in [0.717, 1.165) is 5.69 Å². The predicted molar refractivity (Wildman–Crippen MR) is 159 cm³/mol. The standard InChI is InChI=1S/C26H47N5O8S2/c1-22-20-31(30-29-22)8-12-38-16-18-39-17-15-37-11-7-28-26(34)5-10-36-14-13-35-9-3-4-24(33)6-19-40-41-21-25(27)23(2)32/h20,25H,3-19,21,27H2,1-2H3,(H,28,34)/t25-/m0/s1. The lowest BCUT2D eigenvalue weighted by Gasteiger charge is -2.08. The Labute approximate surface area is 251 Å². The number of nitrogens with one attached hydrogen (secondary N) is 1. The Morgan fingerprint density at radius 3 is 2.17 bits per heavy atom. The van der Waals surface area contributed by atoms with Gasteiger partial charge in [0.25, 0.3) is 0 Å². The van der Waals surface area contributed by atoms with Crippen molar-refractivity contribution < 1.29 is 38.1 Å². The molecule has 0 aromatic carbocycles. The third-order valence-electron chi connectivity index (χ3n) is 5.34. The molecule has 1 heterocycles. The molecular formula is C26H47N5O8S2. The Kier molecular flexibility index (Phi) is 23.8. The van der Waals surface area contributed by atoms with Crippen molar-refractivity contribution >= 4 is 39.1 Å². The monoisotopic (exact) mass is 621 g/mol. The van der Waals surface area contributed by atoms with E-state index in [1.54, 1.807) is 15.5 Å². The molecule has 0 fully saturated rings. The highest BCUT2D eigenvalue weighted by molar-refractivity contribution is 8.76. The number of aryl methyl sites for hydroxylation is 1. The highest BCUT2D eigenvalue weighted by Crippen LogP contribution is 2.22. The lowest BCUT2D eigenvalue weighted by molar-refractivity contribution is -0.122. The van der Waals surface area contributed by atoms with Crippen LogP contribution >= 0.6 is 21.6 Å². The van der Waals surface area contributed by atoms with Crippen LogP contribution in [0.3, 0.4) is 0 Å². The number of ether oxygens (including phenoxy) is 5. The molecule has 0 aliphatic heterocycles. The molecule has 1 rings (SSSR count). The van der Waals surface area contributed by atoms with E-state index in [2.05, 4.69) is 15.6 Å². The first-order valence-electron chi connectivity index (χ1n) is 13.9. The van der Waals surface area contributed by atoms with Crippen molar-refractivity contribution in [3.05, 3.63) is 11.9 Å². The minimum atomic E-state index is -0.436. The number of ketones is 2. The second-order valence-electron chi connectivity index (χ2n) is 9.00. The molecule has 0 saturated carbocycles. The minimum absolute atomic E-state index is 0.0224. The number of amides is 1. The second kappa shape index (κ2) is 26.1. The Morgan fingerprint density at radius 2 is 1.51 bits per heavy atom. The molecule has 1 atom stereocenters. The maximum atomic E-state index is 11.9. The molecule has 13 nitrogen and oxygen atoms in total. The summed E-state index contributed by atoms with van der Waals surface area (Å²) in [5.74, 6) is 1.35. The molecule has 236 valence electrons. The van der Waals surface area contributed by atoms with Gasteiger partial charge >= 0.3 is 0 Å². The molecule has 1 aromatic heterocycles. The molecule has 0 aliphatic rings. The van der Waals surface area contributed by atoms with Crippen LogP contribution in [-0.4, -0.2) is 123 Å². The number of hydrogen-bond donors (Lipinski definition) is 2. The van der Waals surface area contributed by atoms with Gasteiger partial charge in [0, 0.05) is 50.1 Å². The van der Waals surface area contributed by atoms with Crippen LogP contribution in [0.4, 0.5) is 0 Å². The summed E-state index contributed by atoms with van der Waals surface area (Å²) in [6, 6.07) is -0.436. The average molecular weight is 622 g/mol. The highest BCUT2D eigenvalue weighted by Gasteiger charge is 2.08. The fraction of sp³-hybridized carbons (Fsp3) is 0.808. The van der Waals surface area contributed by atoms with Crippen molar-refractivity contribution in [1.29, 1.82) is 0 Å². The maximum absolute atomic E-state index is 11.9. The molecule has 15 heteroatoms. The predicted octanol–water partition coefficient (Wildman–Crippen LogP) is 1.21. The van der Waals surface area contributed by atoms with Gasteiger partial charge in [0.1, 0.15) is 11.6 Å².